The number of anilines is 1. The van der Waals surface area contributed by atoms with E-state index in [0.29, 0.717) is 6.61 Å². The van der Waals surface area contributed by atoms with E-state index in [1.165, 1.54) is 0 Å². The van der Waals surface area contributed by atoms with Gasteiger partial charge in [0.2, 0.25) is 0 Å². The highest BCUT2D eigenvalue weighted by Gasteiger charge is 2.06. The number of nitrogens with one attached hydrogen (secondary N) is 1. The fourth-order valence-electron chi connectivity index (χ4n) is 1.17. The summed E-state index contributed by atoms with van der Waals surface area (Å²) in [5.74, 6) is 0.765. The van der Waals surface area contributed by atoms with Gasteiger partial charge in [-0.2, -0.15) is 0 Å². The SMILES string of the molecule is COCC(CO)Nc1cc(C)ccn1. The first-order valence-electron chi connectivity index (χ1n) is 4.55. The lowest BCUT2D eigenvalue weighted by Crippen LogP contribution is -2.29. The van der Waals surface area contributed by atoms with E-state index in [2.05, 4.69) is 10.3 Å². The van der Waals surface area contributed by atoms with E-state index >= 15 is 0 Å². The Hall–Kier alpha value is -1.13. The maximum atomic E-state index is 9.02. The van der Waals surface area contributed by atoms with Crippen molar-refractivity contribution in [2.45, 2.75) is 13.0 Å². The summed E-state index contributed by atoms with van der Waals surface area (Å²) in [6, 6.07) is 3.75. The van der Waals surface area contributed by atoms with Gasteiger partial charge in [0.15, 0.2) is 0 Å². The Bertz CT molecular complexity index is 279. The molecule has 0 spiro atoms. The molecule has 0 amide bonds. The Labute approximate surface area is 83.9 Å². The Morgan fingerprint density at radius 3 is 3.00 bits per heavy atom. The van der Waals surface area contributed by atoms with E-state index in [-0.39, 0.29) is 12.6 Å². The van der Waals surface area contributed by atoms with Crippen LogP contribution in [0.2, 0.25) is 0 Å². The zero-order valence-electron chi connectivity index (χ0n) is 8.53. The predicted molar refractivity (Wildman–Crippen MR) is 55.3 cm³/mol. The Kier molecular flexibility index (Phi) is 4.35. The zero-order valence-corrected chi connectivity index (χ0v) is 8.53. The van der Waals surface area contributed by atoms with Gasteiger partial charge >= 0.3 is 0 Å². The molecule has 1 heterocycles. The van der Waals surface area contributed by atoms with Crippen LogP contribution in [0.15, 0.2) is 18.3 Å². The summed E-state index contributed by atoms with van der Waals surface area (Å²) in [7, 11) is 1.61. The minimum absolute atomic E-state index is 0.0312. The molecule has 0 saturated carbocycles. The Morgan fingerprint density at radius 1 is 1.64 bits per heavy atom. The summed E-state index contributed by atoms with van der Waals surface area (Å²) in [4.78, 5) is 4.13. The summed E-state index contributed by atoms with van der Waals surface area (Å²) < 4.78 is 4.95. The lowest BCUT2D eigenvalue weighted by atomic mass is 10.3. The maximum Gasteiger partial charge on any atom is 0.126 e. The predicted octanol–water partition coefficient (Wildman–Crippen LogP) is 0.809. The third kappa shape index (κ3) is 3.32. The smallest absolute Gasteiger partial charge is 0.126 e. The topological polar surface area (TPSA) is 54.4 Å². The molecule has 0 aliphatic rings. The number of hydrogen-bond donors (Lipinski definition) is 2. The van der Waals surface area contributed by atoms with Crippen LogP contribution in [0, 0.1) is 6.92 Å². The third-order valence-electron chi connectivity index (χ3n) is 1.86. The standard InChI is InChI=1S/C10H16N2O2/c1-8-3-4-11-10(5-8)12-9(6-13)7-14-2/h3-5,9,13H,6-7H2,1-2H3,(H,11,12). The minimum Gasteiger partial charge on any atom is -0.394 e. The van der Waals surface area contributed by atoms with Crippen LogP contribution in [0.5, 0.6) is 0 Å². The number of aliphatic hydroxyl groups is 1. The molecular formula is C10H16N2O2. The fourth-order valence-corrected chi connectivity index (χ4v) is 1.17. The monoisotopic (exact) mass is 196 g/mol. The maximum absolute atomic E-state index is 9.02. The van der Waals surface area contributed by atoms with Crippen LogP contribution >= 0.6 is 0 Å². The molecule has 78 valence electrons. The van der Waals surface area contributed by atoms with Crippen LogP contribution < -0.4 is 5.32 Å². The molecule has 1 unspecified atom stereocenters. The van der Waals surface area contributed by atoms with Gasteiger partial charge in [0.25, 0.3) is 0 Å². The number of nitrogens with zero attached hydrogens (tertiary/aromatic N) is 1. The van der Waals surface area contributed by atoms with E-state index in [1.807, 2.05) is 19.1 Å². The van der Waals surface area contributed by atoms with Gasteiger partial charge < -0.3 is 15.2 Å². The summed E-state index contributed by atoms with van der Waals surface area (Å²) in [5.41, 5.74) is 1.14. The van der Waals surface area contributed by atoms with Crippen LogP contribution in [0.25, 0.3) is 0 Å². The van der Waals surface area contributed by atoms with E-state index < -0.39 is 0 Å². The summed E-state index contributed by atoms with van der Waals surface area (Å²) in [6.07, 6.45) is 1.74. The highest BCUT2D eigenvalue weighted by Crippen LogP contribution is 2.06. The van der Waals surface area contributed by atoms with Crippen LogP contribution in [-0.4, -0.2) is 36.5 Å². The third-order valence-corrected chi connectivity index (χ3v) is 1.86. The largest absolute Gasteiger partial charge is 0.394 e. The molecule has 4 nitrogen and oxygen atoms in total. The van der Waals surface area contributed by atoms with Crippen molar-refractivity contribution in [2.24, 2.45) is 0 Å². The first-order chi connectivity index (χ1) is 6.76. The lowest BCUT2D eigenvalue weighted by Gasteiger charge is -2.15. The molecule has 14 heavy (non-hydrogen) atoms. The molecule has 1 aromatic heterocycles. The molecule has 1 atom stereocenters. The summed E-state index contributed by atoms with van der Waals surface area (Å²) in [5, 5.41) is 12.1. The second-order valence-corrected chi connectivity index (χ2v) is 3.20. The lowest BCUT2D eigenvalue weighted by molar-refractivity contribution is 0.153. The number of aliphatic hydroxyl groups excluding tert-OH is 1. The van der Waals surface area contributed by atoms with Crippen molar-refractivity contribution in [3.05, 3.63) is 23.9 Å². The first-order valence-corrected chi connectivity index (χ1v) is 4.55. The van der Waals surface area contributed by atoms with Crippen molar-refractivity contribution in [1.29, 1.82) is 0 Å². The molecule has 0 aliphatic carbocycles. The highest BCUT2D eigenvalue weighted by atomic mass is 16.5. The van der Waals surface area contributed by atoms with Gasteiger partial charge in [0, 0.05) is 13.3 Å². The van der Waals surface area contributed by atoms with Crippen molar-refractivity contribution in [2.75, 3.05) is 25.6 Å². The van der Waals surface area contributed by atoms with Crippen molar-refractivity contribution in [3.8, 4) is 0 Å². The number of aryl methyl sites for hydroxylation is 1. The quantitative estimate of drug-likeness (QED) is 0.731. The molecule has 1 rings (SSSR count). The number of aromatic nitrogens is 1. The number of pyridine rings is 1. The second-order valence-electron chi connectivity index (χ2n) is 3.20. The van der Waals surface area contributed by atoms with Crippen molar-refractivity contribution in [3.63, 3.8) is 0 Å². The van der Waals surface area contributed by atoms with Crippen molar-refractivity contribution < 1.29 is 9.84 Å². The molecule has 1 aromatic rings. The highest BCUT2D eigenvalue weighted by molar-refractivity contribution is 5.38. The Balaban J connectivity index is 2.57. The van der Waals surface area contributed by atoms with Crippen LogP contribution in [0.3, 0.4) is 0 Å². The summed E-state index contributed by atoms with van der Waals surface area (Å²) >= 11 is 0. The number of methoxy groups -OCH3 is 1. The molecule has 0 aliphatic heterocycles. The van der Waals surface area contributed by atoms with Gasteiger partial charge in [0.05, 0.1) is 19.3 Å². The average molecular weight is 196 g/mol. The van der Waals surface area contributed by atoms with Gasteiger partial charge in [0.1, 0.15) is 5.82 Å². The number of hydrogen-bond acceptors (Lipinski definition) is 4. The van der Waals surface area contributed by atoms with Crippen LogP contribution in [-0.2, 0) is 4.74 Å². The van der Waals surface area contributed by atoms with Crippen molar-refractivity contribution in [1.82, 2.24) is 4.98 Å². The molecule has 0 radical (unpaired) electrons. The van der Waals surface area contributed by atoms with E-state index in [4.69, 9.17) is 9.84 Å². The van der Waals surface area contributed by atoms with Crippen LogP contribution in [0.4, 0.5) is 5.82 Å². The zero-order chi connectivity index (χ0) is 10.4. The van der Waals surface area contributed by atoms with Crippen molar-refractivity contribution >= 4 is 5.82 Å². The fraction of sp³-hybridized carbons (Fsp3) is 0.500. The second kappa shape index (κ2) is 5.57. The van der Waals surface area contributed by atoms with Gasteiger partial charge in [-0.15, -0.1) is 0 Å². The van der Waals surface area contributed by atoms with Crippen LogP contribution in [0.1, 0.15) is 5.56 Å². The van der Waals surface area contributed by atoms with Gasteiger partial charge in [-0.05, 0) is 24.6 Å². The molecule has 0 bridgehead atoms. The first kappa shape index (κ1) is 10.9. The van der Waals surface area contributed by atoms with Gasteiger partial charge in [-0.25, -0.2) is 4.98 Å². The van der Waals surface area contributed by atoms with E-state index in [9.17, 15) is 0 Å². The van der Waals surface area contributed by atoms with E-state index in [1.54, 1.807) is 13.3 Å². The normalized spacial score (nSPS) is 12.5. The molecular weight excluding hydrogens is 180 g/mol. The molecule has 0 saturated heterocycles. The minimum atomic E-state index is -0.103. The molecule has 0 fully saturated rings. The number of ether oxygens (including phenoxy) is 1. The number of rotatable bonds is 5. The molecule has 0 aromatic carbocycles. The average Bonchev–Trinajstić information content (AvgIpc) is 2.17. The van der Waals surface area contributed by atoms with E-state index in [0.717, 1.165) is 11.4 Å². The molecule has 2 N–H and O–H groups in total. The summed E-state index contributed by atoms with van der Waals surface area (Å²) in [6.45, 7) is 2.49. The van der Waals surface area contributed by atoms with Gasteiger partial charge in [-0.1, -0.05) is 0 Å². The molecule has 4 heteroatoms. The van der Waals surface area contributed by atoms with Gasteiger partial charge in [-0.3, -0.25) is 0 Å². The Morgan fingerprint density at radius 2 is 2.43 bits per heavy atom.